The maximum absolute atomic E-state index is 6.03. The highest BCUT2D eigenvalue weighted by atomic mass is 79.9. The number of methoxy groups -OCH3 is 1. The molecule has 1 aromatic carbocycles. The van der Waals surface area contributed by atoms with Gasteiger partial charge in [0.2, 0.25) is 0 Å². The van der Waals surface area contributed by atoms with Crippen molar-refractivity contribution in [3.63, 3.8) is 0 Å². The maximum atomic E-state index is 6.03. The van der Waals surface area contributed by atoms with Crippen LogP contribution in [0.15, 0.2) is 34.1 Å². The summed E-state index contributed by atoms with van der Waals surface area (Å²) in [6.45, 7) is 0. The van der Waals surface area contributed by atoms with Crippen LogP contribution in [0, 0.1) is 0 Å². The number of rotatable bonds is 3. The molecule has 0 N–H and O–H groups in total. The van der Waals surface area contributed by atoms with Gasteiger partial charge in [-0.05, 0) is 39.7 Å². The molecule has 0 aliphatic heterocycles. The highest BCUT2D eigenvalue weighted by molar-refractivity contribution is 9.11. The molecule has 0 radical (unpaired) electrons. The number of ether oxygens (including phenoxy) is 1. The maximum Gasteiger partial charge on any atom is 0.118 e. The summed E-state index contributed by atoms with van der Waals surface area (Å²) in [6.07, 6.45) is 0. The van der Waals surface area contributed by atoms with E-state index in [2.05, 4.69) is 31.9 Å². The first kappa shape index (κ1) is 13.4. The zero-order valence-corrected chi connectivity index (χ0v) is 13.7. The van der Waals surface area contributed by atoms with Gasteiger partial charge in [-0.3, -0.25) is 0 Å². The second kappa shape index (κ2) is 5.74. The number of benzene rings is 1. The van der Waals surface area contributed by atoms with E-state index < -0.39 is 0 Å². The predicted octanol–water partition coefficient (Wildman–Crippen LogP) is 5.66. The topological polar surface area (TPSA) is 9.23 Å². The minimum atomic E-state index is 0.155. The quantitative estimate of drug-likeness (QED) is 0.609. The van der Waals surface area contributed by atoms with Crippen molar-refractivity contribution in [3.8, 4) is 5.75 Å². The molecule has 0 aliphatic carbocycles. The van der Waals surface area contributed by atoms with Crippen molar-refractivity contribution in [2.24, 2.45) is 0 Å². The third-order valence-corrected chi connectivity index (χ3v) is 6.19. The van der Waals surface area contributed by atoms with Gasteiger partial charge in [-0.1, -0.05) is 39.7 Å². The van der Waals surface area contributed by atoms with Gasteiger partial charge in [-0.25, -0.2) is 0 Å². The van der Waals surface area contributed by atoms with E-state index in [1.165, 1.54) is 10.4 Å². The number of thiophene rings is 1. The van der Waals surface area contributed by atoms with Gasteiger partial charge in [0.05, 0.1) is 20.7 Å². The average Bonchev–Trinajstić information content (AvgIpc) is 2.69. The molecule has 90 valence electrons. The van der Waals surface area contributed by atoms with Crippen LogP contribution in [0.3, 0.4) is 0 Å². The number of hydrogen-bond donors (Lipinski definition) is 0. The van der Waals surface area contributed by atoms with Crippen molar-refractivity contribution in [1.29, 1.82) is 0 Å². The minimum Gasteiger partial charge on any atom is -0.497 e. The van der Waals surface area contributed by atoms with Crippen LogP contribution in [-0.4, -0.2) is 7.11 Å². The first-order chi connectivity index (χ1) is 8.11. The first-order valence-corrected chi connectivity index (χ1v) is 7.75. The minimum absolute atomic E-state index is 0.155. The molecule has 5 heteroatoms. The Morgan fingerprint density at radius 3 is 2.41 bits per heavy atom. The Kier molecular flexibility index (Phi) is 4.53. The van der Waals surface area contributed by atoms with Crippen LogP contribution in [0.2, 0.25) is 5.02 Å². The molecule has 1 atom stereocenters. The molecule has 1 heterocycles. The fourth-order valence-corrected chi connectivity index (χ4v) is 3.90. The molecule has 1 aromatic heterocycles. The van der Waals surface area contributed by atoms with E-state index in [0.29, 0.717) is 0 Å². The second-order valence-corrected chi connectivity index (χ2v) is 7.13. The Balaban J connectivity index is 2.26. The molecular weight excluding hydrogens is 387 g/mol. The van der Waals surface area contributed by atoms with Gasteiger partial charge in [-0.15, -0.1) is 11.3 Å². The molecule has 0 saturated heterocycles. The molecule has 2 aromatic rings. The Hall–Kier alpha value is -0.0300. The molecule has 1 nitrogen and oxygen atoms in total. The van der Waals surface area contributed by atoms with Gasteiger partial charge in [0.1, 0.15) is 5.75 Å². The van der Waals surface area contributed by atoms with Gasteiger partial charge in [0, 0.05) is 4.88 Å². The second-order valence-electron chi connectivity index (χ2n) is 3.41. The van der Waals surface area contributed by atoms with Crippen molar-refractivity contribution in [1.82, 2.24) is 0 Å². The Bertz CT molecular complexity index is 490. The van der Waals surface area contributed by atoms with Crippen molar-refractivity contribution in [2.45, 2.75) is 4.83 Å². The van der Waals surface area contributed by atoms with E-state index in [9.17, 15) is 0 Å². The van der Waals surface area contributed by atoms with E-state index in [4.69, 9.17) is 16.3 Å². The lowest BCUT2D eigenvalue weighted by atomic mass is 10.1. The predicted molar refractivity (Wildman–Crippen MR) is 80.8 cm³/mol. The summed E-state index contributed by atoms with van der Waals surface area (Å²) < 4.78 is 6.10. The van der Waals surface area contributed by atoms with Crippen LogP contribution < -0.4 is 4.74 Å². The zero-order chi connectivity index (χ0) is 12.4. The summed E-state index contributed by atoms with van der Waals surface area (Å²) in [5, 5.41) is 0.753. The van der Waals surface area contributed by atoms with Crippen LogP contribution in [-0.2, 0) is 0 Å². The van der Waals surface area contributed by atoms with Crippen molar-refractivity contribution in [3.05, 3.63) is 49.6 Å². The van der Waals surface area contributed by atoms with E-state index >= 15 is 0 Å². The Morgan fingerprint density at radius 2 is 1.94 bits per heavy atom. The molecule has 17 heavy (non-hydrogen) atoms. The van der Waals surface area contributed by atoms with Crippen molar-refractivity contribution >= 4 is 54.8 Å². The fourth-order valence-electron chi connectivity index (χ4n) is 1.43. The average molecular weight is 397 g/mol. The molecular formula is C12H9Br2ClOS. The Morgan fingerprint density at radius 1 is 1.29 bits per heavy atom. The van der Waals surface area contributed by atoms with Gasteiger partial charge in [0.25, 0.3) is 0 Å². The van der Waals surface area contributed by atoms with Gasteiger partial charge >= 0.3 is 0 Å². The lowest BCUT2D eigenvalue weighted by molar-refractivity contribution is 0.414. The van der Waals surface area contributed by atoms with Crippen molar-refractivity contribution < 1.29 is 4.74 Å². The number of alkyl halides is 1. The first-order valence-electron chi connectivity index (χ1n) is 4.84. The lowest BCUT2D eigenvalue weighted by Gasteiger charge is -2.08. The summed E-state index contributed by atoms with van der Waals surface area (Å²) >= 11 is 14.8. The number of hydrogen-bond acceptors (Lipinski definition) is 2. The third kappa shape index (κ3) is 3.05. The van der Waals surface area contributed by atoms with Crippen molar-refractivity contribution in [2.75, 3.05) is 7.11 Å². The van der Waals surface area contributed by atoms with Crippen LogP contribution in [0.4, 0.5) is 0 Å². The molecule has 0 fully saturated rings. The normalized spacial score (nSPS) is 12.5. The zero-order valence-electron chi connectivity index (χ0n) is 8.91. The highest BCUT2D eigenvalue weighted by Gasteiger charge is 2.15. The standard InChI is InChI=1S/C12H9Br2ClOS/c1-16-8-4-2-7(3-5-8)11(13)10-6-9(15)12(14)17-10/h2-6,11H,1H3. The summed E-state index contributed by atoms with van der Waals surface area (Å²) in [6, 6.07) is 9.96. The monoisotopic (exact) mass is 394 g/mol. The SMILES string of the molecule is COc1ccc(C(Br)c2cc(Cl)c(Br)s2)cc1. The summed E-state index contributed by atoms with van der Waals surface area (Å²) in [4.78, 5) is 1.33. The summed E-state index contributed by atoms with van der Waals surface area (Å²) in [5.74, 6) is 0.860. The molecule has 0 saturated carbocycles. The van der Waals surface area contributed by atoms with E-state index in [1.807, 2.05) is 30.3 Å². The molecule has 0 amide bonds. The molecule has 1 unspecified atom stereocenters. The smallest absolute Gasteiger partial charge is 0.118 e. The summed E-state index contributed by atoms with van der Waals surface area (Å²) in [7, 11) is 1.66. The molecule has 0 bridgehead atoms. The van der Waals surface area contributed by atoms with Crippen LogP contribution in [0.25, 0.3) is 0 Å². The fraction of sp³-hybridized carbons (Fsp3) is 0.167. The van der Waals surface area contributed by atoms with Gasteiger partial charge in [0.15, 0.2) is 0 Å². The number of halogens is 3. The highest BCUT2D eigenvalue weighted by Crippen LogP contribution is 2.41. The van der Waals surface area contributed by atoms with Crippen LogP contribution in [0.1, 0.15) is 15.3 Å². The molecule has 2 rings (SSSR count). The van der Waals surface area contributed by atoms with E-state index in [-0.39, 0.29) is 4.83 Å². The lowest BCUT2D eigenvalue weighted by Crippen LogP contribution is -1.90. The van der Waals surface area contributed by atoms with Gasteiger partial charge < -0.3 is 4.74 Å². The largest absolute Gasteiger partial charge is 0.497 e. The molecule has 0 aliphatic rings. The summed E-state index contributed by atoms with van der Waals surface area (Å²) in [5.41, 5.74) is 1.18. The van der Waals surface area contributed by atoms with E-state index in [0.717, 1.165) is 14.6 Å². The Labute approximate surface area is 126 Å². The van der Waals surface area contributed by atoms with Gasteiger partial charge in [-0.2, -0.15) is 0 Å². The third-order valence-electron chi connectivity index (χ3n) is 2.32. The molecule has 0 spiro atoms. The van der Waals surface area contributed by atoms with Crippen LogP contribution >= 0.6 is 54.8 Å². The van der Waals surface area contributed by atoms with E-state index in [1.54, 1.807) is 18.4 Å². The van der Waals surface area contributed by atoms with Crippen LogP contribution in [0.5, 0.6) is 5.75 Å².